The quantitative estimate of drug-likeness (QED) is 0.585. The molecule has 0 spiro atoms. The van der Waals surface area contributed by atoms with Gasteiger partial charge in [-0.05, 0) is 43.6 Å². The fraction of sp³-hybridized carbons (Fsp3) is 0.500. The van der Waals surface area contributed by atoms with E-state index in [1.807, 2.05) is 0 Å². The minimum Gasteiger partial charge on any atom is -0.481 e. The third-order valence-corrected chi connectivity index (χ3v) is 4.83. The van der Waals surface area contributed by atoms with Gasteiger partial charge in [0, 0.05) is 11.7 Å². The van der Waals surface area contributed by atoms with Gasteiger partial charge in [-0.25, -0.2) is 0 Å². The number of benzene rings is 1. The minimum atomic E-state index is -0.674. The summed E-state index contributed by atoms with van der Waals surface area (Å²) in [7, 11) is 0. The maximum Gasteiger partial charge on any atom is 0.303 e. The van der Waals surface area contributed by atoms with Crippen molar-refractivity contribution in [3.8, 4) is 0 Å². The Labute approximate surface area is 132 Å². The molecule has 3 heteroatoms. The van der Waals surface area contributed by atoms with Gasteiger partial charge >= 0.3 is 5.97 Å². The Morgan fingerprint density at radius 3 is 3.00 bits per heavy atom. The average molecular weight is 304 g/mol. The molecule has 0 heterocycles. The Morgan fingerprint density at radius 2 is 2.29 bits per heavy atom. The van der Waals surface area contributed by atoms with E-state index >= 15 is 0 Å². The summed E-state index contributed by atoms with van der Waals surface area (Å²) in [4.78, 5) is 10.9. The predicted molar refractivity (Wildman–Crippen MR) is 89.7 cm³/mol. The summed E-state index contributed by atoms with van der Waals surface area (Å²) in [5, 5.41) is 9.15. The zero-order chi connectivity index (χ0) is 15.2. The van der Waals surface area contributed by atoms with Gasteiger partial charge in [0.25, 0.3) is 0 Å². The maximum absolute atomic E-state index is 10.9. The van der Waals surface area contributed by atoms with Gasteiger partial charge in [-0.1, -0.05) is 48.4 Å². The van der Waals surface area contributed by atoms with Gasteiger partial charge in [0.15, 0.2) is 0 Å². The molecule has 0 amide bonds. The van der Waals surface area contributed by atoms with E-state index in [1.165, 1.54) is 11.1 Å². The molecule has 0 aromatic heterocycles. The molecular formula is C18H24O2S. The van der Waals surface area contributed by atoms with Crippen molar-refractivity contribution >= 4 is 18.6 Å². The molecule has 1 N–H and O–H groups in total. The van der Waals surface area contributed by atoms with Crippen molar-refractivity contribution in [1.29, 1.82) is 0 Å². The Kier molecular flexibility index (Phi) is 5.92. The van der Waals surface area contributed by atoms with E-state index in [4.69, 9.17) is 5.11 Å². The molecular weight excluding hydrogens is 280 g/mol. The first kappa shape index (κ1) is 16.2. The number of carboxylic acids is 1. The number of thiol groups is 1. The van der Waals surface area contributed by atoms with E-state index in [1.54, 1.807) is 0 Å². The van der Waals surface area contributed by atoms with Crippen LogP contribution in [0, 0.1) is 18.8 Å². The first-order valence-corrected chi connectivity index (χ1v) is 8.21. The Morgan fingerprint density at radius 1 is 1.48 bits per heavy atom. The lowest BCUT2D eigenvalue weighted by molar-refractivity contribution is -0.138. The number of hydrogen-bond acceptors (Lipinski definition) is 2. The molecule has 2 rings (SSSR count). The van der Waals surface area contributed by atoms with E-state index in [0.29, 0.717) is 18.3 Å². The monoisotopic (exact) mass is 304 g/mol. The SMILES string of the molecule is Cc1cccc([C@@H](S)C/C=C/C2CCC[C@@H]2CC(=O)O)c1. The molecule has 1 fully saturated rings. The standard InChI is InChI=1S/C18H24O2S/c1-13-5-2-9-16(11-13)17(21)10-4-7-14-6-3-8-15(14)12-18(19)20/h2,4-5,7,9,11,14-15,17,21H,3,6,8,10,12H2,1H3,(H,19,20)/b7-4+/t14?,15-,17+/m1/s1. The van der Waals surface area contributed by atoms with E-state index < -0.39 is 5.97 Å². The molecule has 1 aliphatic carbocycles. The minimum absolute atomic E-state index is 0.209. The second-order valence-corrected chi connectivity index (χ2v) is 6.67. The van der Waals surface area contributed by atoms with Crippen LogP contribution in [0.5, 0.6) is 0 Å². The van der Waals surface area contributed by atoms with Gasteiger partial charge in [-0.2, -0.15) is 12.6 Å². The van der Waals surface area contributed by atoms with Crippen LogP contribution in [0.25, 0.3) is 0 Å². The van der Waals surface area contributed by atoms with Gasteiger partial charge in [0.2, 0.25) is 0 Å². The van der Waals surface area contributed by atoms with Crippen LogP contribution in [0.4, 0.5) is 0 Å². The molecule has 1 saturated carbocycles. The summed E-state index contributed by atoms with van der Waals surface area (Å²) < 4.78 is 0. The highest BCUT2D eigenvalue weighted by Crippen LogP contribution is 2.35. The summed E-state index contributed by atoms with van der Waals surface area (Å²) in [6.45, 7) is 2.09. The molecule has 114 valence electrons. The van der Waals surface area contributed by atoms with E-state index in [0.717, 1.165) is 25.7 Å². The van der Waals surface area contributed by atoms with E-state index in [-0.39, 0.29) is 5.25 Å². The van der Waals surface area contributed by atoms with Crippen LogP contribution in [0.1, 0.15) is 48.5 Å². The lowest BCUT2D eigenvalue weighted by Crippen LogP contribution is -2.10. The Balaban J connectivity index is 1.88. The van der Waals surface area contributed by atoms with Gasteiger partial charge < -0.3 is 5.11 Å². The molecule has 0 radical (unpaired) electrons. The van der Waals surface area contributed by atoms with Crippen molar-refractivity contribution in [1.82, 2.24) is 0 Å². The summed E-state index contributed by atoms with van der Waals surface area (Å²) in [5.41, 5.74) is 2.50. The number of carbonyl (C=O) groups is 1. The van der Waals surface area contributed by atoms with Crippen molar-refractivity contribution in [3.05, 3.63) is 47.5 Å². The maximum atomic E-state index is 10.9. The van der Waals surface area contributed by atoms with Crippen LogP contribution in [0.3, 0.4) is 0 Å². The summed E-state index contributed by atoms with van der Waals surface area (Å²) >= 11 is 4.68. The highest BCUT2D eigenvalue weighted by molar-refractivity contribution is 7.80. The van der Waals surface area contributed by atoms with Crippen molar-refractivity contribution in [3.63, 3.8) is 0 Å². The van der Waals surface area contributed by atoms with Crippen LogP contribution < -0.4 is 0 Å². The average Bonchev–Trinajstić information content (AvgIpc) is 2.85. The molecule has 1 aliphatic rings. The zero-order valence-corrected chi connectivity index (χ0v) is 13.4. The number of aliphatic carboxylic acids is 1. The summed E-state index contributed by atoms with van der Waals surface area (Å²) in [5.74, 6) is 0.0716. The van der Waals surface area contributed by atoms with Crippen LogP contribution in [-0.4, -0.2) is 11.1 Å². The highest BCUT2D eigenvalue weighted by Gasteiger charge is 2.26. The number of allylic oxidation sites excluding steroid dienone is 2. The molecule has 3 atom stereocenters. The summed E-state index contributed by atoms with van der Waals surface area (Å²) in [6.07, 6.45) is 8.92. The lowest BCUT2D eigenvalue weighted by Gasteiger charge is -2.14. The third-order valence-electron chi connectivity index (χ3n) is 4.32. The molecule has 1 unspecified atom stereocenters. The summed E-state index contributed by atoms with van der Waals surface area (Å²) in [6, 6.07) is 8.45. The number of aryl methyl sites for hydroxylation is 1. The molecule has 1 aromatic rings. The van der Waals surface area contributed by atoms with Crippen molar-refractivity contribution in [2.24, 2.45) is 11.8 Å². The Bertz CT molecular complexity index is 510. The first-order valence-electron chi connectivity index (χ1n) is 7.69. The van der Waals surface area contributed by atoms with E-state index in [2.05, 4.69) is 56.0 Å². The van der Waals surface area contributed by atoms with Gasteiger partial charge in [0.1, 0.15) is 0 Å². The smallest absolute Gasteiger partial charge is 0.303 e. The predicted octanol–water partition coefficient (Wildman–Crippen LogP) is 4.80. The van der Waals surface area contributed by atoms with Crippen molar-refractivity contribution < 1.29 is 9.90 Å². The Hall–Kier alpha value is -1.22. The molecule has 0 bridgehead atoms. The third kappa shape index (κ3) is 4.92. The van der Waals surface area contributed by atoms with Gasteiger partial charge in [-0.15, -0.1) is 0 Å². The van der Waals surface area contributed by atoms with Gasteiger partial charge in [0.05, 0.1) is 0 Å². The first-order chi connectivity index (χ1) is 10.1. The second kappa shape index (κ2) is 7.69. The number of rotatable bonds is 6. The van der Waals surface area contributed by atoms with E-state index in [9.17, 15) is 4.79 Å². The molecule has 0 saturated heterocycles. The normalized spacial score (nSPS) is 23.5. The van der Waals surface area contributed by atoms with Crippen LogP contribution in [-0.2, 0) is 4.79 Å². The molecule has 2 nitrogen and oxygen atoms in total. The molecule has 21 heavy (non-hydrogen) atoms. The fourth-order valence-electron chi connectivity index (χ4n) is 3.19. The van der Waals surface area contributed by atoms with Crippen LogP contribution >= 0.6 is 12.6 Å². The number of hydrogen-bond donors (Lipinski definition) is 2. The highest BCUT2D eigenvalue weighted by atomic mass is 32.1. The lowest BCUT2D eigenvalue weighted by atomic mass is 9.92. The second-order valence-electron chi connectivity index (χ2n) is 6.05. The number of carboxylic acid groups (broad SMARTS) is 1. The van der Waals surface area contributed by atoms with Crippen LogP contribution in [0.2, 0.25) is 0 Å². The van der Waals surface area contributed by atoms with Gasteiger partial charge in [-0.3, -0.25) is 4.79 Å². The fourth-order valence-corrected chi connectivity index (χ4v) is 3.47. The molecule has 1 aromatic carbocycles. The largest absolute Gasteiger partial charge is 0.481 e. The van der Waals surface area contributed by atoms with Crippen molar-refractivity contribution in [2.45, 2.75) is 44.3 Å². The van der Waals surface area contributed by atoms with Crippen molar-refractivity contribution in [2.75, 3.05) is 0 Å². The topological polar surface area (TPSA) is 37.3 Å². The van der Waals surface area contributed by atoms with Crippen LogP contribution in [0.15, 0.2) is 36.4 Å². The molecule has 0 aliphatic heterocycles. The zero-order valence-electron chi connectivity index (χ0n) is 12.5.